The molecule has 0 aromatic heterocycles. The summed E-state index contributed by atoms with van der Waals surface area (Å²) in [6, 6.07) is -0.994. The van der Waals surface area contributed by atoms with Gasteiger partial charge in [-0.05, 0) is 26.3 Å². The first-order chi connectivity index (χ1) is 7.74. The number of aliphatic hydroxyl groups is 1. The summed E-state index contributed by atoms with van der Waals surface area (Å²) in [6.45, 7) is 4.84. The summed E-state index contributed by atoms with van der Waals surface area (Å²) in [4.78, 5) is 23.7. The van der Waals surface area contributed by atoms with Crippen LogP contribution in [0.15, 0.2) is 11.8 Å². The van der Waals surface area contributed by atoms with E-state index in [0.717, 1.165) is 4.90 Å². The number of carboxylic acid groups (broad SMARTS) is 1. The first-order valence-corrected chi connectivity index (χ1v) is 5.29. The first kappa shape index (κ1) is 13.5. The summed E-state index contributed by atoms with van der Waals surface area (Å²) in [7, 11) is 0. The predicted molar refractivity (Wildman–Crippen MR) is 59.3 cm³/mol. The molecule has 0 bridgehead atoms. The van der Waals surface area contributed by atoms with Gasteiger partial charge in [0.2, 0.25) is 0 Å². The molecule has 6 nitrogen and oxygen atoms in total. The highest BCUT2D eigenvalue weighted by Gasteiger charge is 2.36. The lowest BCUT2D eigenvalue weighted by Crippen LogP contribution is -2.41. The summed E-state index contributed by atoms with van der Waals surface area (Å²) in [6.07, 6.45) is 0.756. The number of hydrogen-bond donors (Lipinski definition) is 2. The summed E-state index contributed by atoms with van der Waals surface area (Å²) in [5, 5.41) is 17.9. The highest BCUT2D eigenvalue weighted by atomic mass is 16.6. The number of aliphatic hydroxyl groups excluding tert-OH is 1. The van der Waals surface area contributed by atoms with Crippen LogP contribution in [0.25, 0.3) is 0 Å². The lowest BCUT2D eigenvalue weighted by molar-refractivity contribution is -0.141. The van der Waals surface area contributed by atoms with E-state index in [2.05, 4.69) is 0 Å². The number of aliphatic carboxylic acids is 1. The van der Waals surface area contributed by atoms with E-state index >= 15 is 0 Å². The Bertz CT molecular complexity index is 355. The zero-order chi connectivity index (χ0) is 13.2. The van der Waals surface area contributed by atoms with Crippen molar-refractivity contribution in [2.45, 2.75) is 38.8 Å². The largest absolute Gasteiger partial charge is 0.480 e. The third-order valence-electron chi connectivity index (χ3n) is 2.21. The molecule has 1 heterocycles. The summed E-state index contributed by atoms with van der Waals surface area (Å²) >= 11 is 0. The molecule has 6 heteroatoms. The van der Waals surface area contributed by atoms with E-state index in [4.69, 9.17) is 14.9 Å². The van der Waals surface area contributed by atoms with Crippen LogP contribution in [-0.4, -0.2) is 45.4 Å². The average molecular weight is 243 g/mol. The van der Waals surface area contributed by atoms with Crippen LogP contribution in [0.5, 0.6) is 0 Å². The molecule has 0 radical (unpaired) electrons. The van der Waals surface area contributed by atoms with E-state index in [0.29, 0.717) is 5.57 Å². The quantitative estimate of drug-likeness (QED) is 0.754. The normalized spacial score (nSPS) is 20.1. The molecule has 1 aliphatic rings. The van der Waals surface area contributed by atoms with Gasteiger partial charge in [0.15, 0.2) is 0 Å². The Kier molecular flexibility index (Phi) is 3.77. The van der Waals surface area contributed by atoms with Gasteiger partial charge in [0, 0.05) is 12.6 Å². The number of amides is 1. The van der Waals surface area contributed by atoms with E-state index < -0.39 is 23.7 Å². The summed E-state index contributed by atoms with van der Waals surface area (Å²) < 4.78 is 5.09. The minimum absolute atomic E-state index is 0.130. The zero-order valence-corrected chi connectivity index (χ0v) is 10.1. The number of nitrogens with zero attached hydrogens (tertiary/aromatic N) is 1. The van der Waals surface area contributed by atoms with Crippen LogP contribution in [0, 0.1) is 0 Å². The van der Waals surface area contributed by atoms with Gasteiger partial charge in [-0.1, -0.05) is 0 Å². The average Bonchev–Trinajstić information content (AvgIpc) is 2.58. The van der Waals surface area contributed by atoms with E-state index in [9.17, 15) is 9.59 Å². The second kappa shape index (κ2) is 4.75. The maximum absolute atomic E-state index is 11.8. The minimum Gasteiger partial charge on any atom is -0.480 e. The molecular weight excluding hydrogens is 226 g/mol. The molecule has 17 heavy (non-hydrogen) atoms. The van der Waals surface area contributed by atoms with Crippen molar-refractivity contribution in [2.75, 3.05) is 6.61 Å². The van der Waals surface area contributed by atoms with Crippen molar-refractivity contribution < 1.29 is 24.5 Å². The van der Waals surface area contributed by atoms with Crippen LogP contribution < -0.4 is 0 Å². The number of carbonyl (C=O) groups is 2. The van der Waals surface area contributed by atoms with E-state index in [1.54, 1.807) is 20.8 Å². The van der Waals surface area contributed by atoms with Crippen molar-refractivity contribution in [3.63, 3.8) is 0 Å². The Morgan fingerprint density at radius 1 is 1.53 bits per heavy atom. The SMILES string of the molecule is CC(C)(C)OC(=O)N1C=C(CO)C[C@H]1C(=O)O. The van der Waals surface area contributed by atoms with E-state index in [1.165, 1.54) is 6.20 Å². The van der Waals surface area contributed by atoms with E-state index in [-0.39, 0.29) is 13.0 Å². The minimum atomic E-state index is -1.12. The summed E-state index contributed by atoms with van der Waals surface area (Å²) in [5.41, 5.74) is -0.182. The van der Waals surface area contributed by atoms with Gasteiger partial charge in [-0.2, -0.15) is 0 Å². The van der Waals surface area contributed by atoms with Crippen LogP contribution in [0.2, 0.25) is 0 Å². The van der Waals surface area contributed by atoms with Gasteiger partial charge < -0.3 is 14.9 Å². The molecule has 0 unspecified atom stereocenters. The van der Waals surface area contributed by atoms with Crippen LogP contribution in [-0.2, 0) is 9.53 Å². The van der Waals surface area contributed by atoms with Crippen LogP contribution in [0.3, 0.4) is 0 Å². The molecule has 0 aromatic rings. The number of carboxylic acids is 1. The molecule has 1 rings (SSSR count). The number of rotatable bonds is 2. The number of hydrogen-bond acceptors (Lipinski definition) is 4. The molecule has 0 aromatic carbocycles. The lowest BCUT2D eigenvalue weighted by Gasteiger charge is -2.25. The van der Waals surface area contributed by atoms with Crippen LogP contribution >= 0.6 is 0 Å². The smallest absolute Gasteiger partial charge is 0.415 e. The molecule has 1 aliphatic heterocycles. The van der Waals surface area contributed by atoms with Gasteiger partial charge in [-0.15, -0.1) is 0 Å². The Morgan fingerprint density at radius 2 is 2.12 bits per heavy atom. The van der Waals surface area contributed by atoms with E-state index in [1.807, 2.05) is 0 Å². The lowest BCUT2D eigenvalue weighted by atomic mass is 10.1. The predicted octanol–water partition coefficient (Wildman–Crippen LogP) is 0.957. The molecular formula is C11H17NO5. The first-order valence-electron chi connectivity index (χ1n) is 5.29. The number of carbonyl (C=O) groups excluding carboxylic acids is 1. The van der Waals surface area contributed by atoms with Crippen molar-refractivity contribution in [1.29, 1.82) is 0 Å². The van der Waals surface area contributed by atoms with Crippen molar-refractivity contribution in [2.24, 2.45) is 0 Å². The second-order valence-corrected chi connectivity index (χ2v) is 4.89. The maximum Gasteiger partial charge on any atom is 0.415 e. The van der Waals surface area contributed by atoms with Crippen LogP contribution in [0.1, 0.15) is 27.2 Å². The molecule has 1 atom stereocenters. The Hall–Kier alpha value is -1.56. The highest BCUT2D eigenvalue weighted by Crippen LogP contribution is 2.24. The molecule has 1 amide bonds. The highest BCUT2D eigenvalue weighted by molar-refractivity contribution is 5.82. The maximum atomic E-state index is 11.8. The molecule has 0 spiro atoms. The fraction of sp³-hybridized carbons (Fsp3) is 0.636. The molecule has 0 fully saturated rings. The third kappa shape index (κ3) is 3.45. The fourth-order valence-electron chi connectivity index (χ4n) is 1.49. The Morgan fingerprint density at radius 3 is 2.53 bits per heavy atom. The fourth-order valence-corrected chi connectivity index (χ4v) is 1.49. The zero-order valence-electron chi connectivity index (χ0n) is 10.1. The van der Waals surface area contributed by atoms with Gasteiger partial charge >= 0.3 is 12.1 Å². The van der Waals surface area contributed by atoms with Crippen molar-refractivity contribution in [1.82, 2.24) is 4.90 Å². The van der Waals surface area contributed by atoms with Gasteiger partial charge in [0.05, 0.1) is 6.61 Å². The monoisotopic (exact) mass is 243 g/mol. The van der Waals surface area contributed by atoms with Gasteiger partial charge in [0.1, 0.15) is 11.6 Å². The van der Waals surface area contributed by atoms with Crippen LogP contribution in [0.4, 0.5) is 4.79 Å². The van der Waals surface area contributed by atoms with Crippen molar-refractivity contribution in [3.05, 3.63) is 11.8 Å². The van der Waals surface area contributed by atoms with Gasteiger partial charge in [-0.25, -0.2) is 9.59 Å². The topological polar surface area (TPSA) is 87.1 Å². The molecule has 2 N–H and O–H groups in total. The molecule has 0 aliphatic carbocycles. The molecule has 0 saturated carbocycles. The molecule has 96 valence electrons. The Balaban J connectivity index is 2.82. The van der Waals surface area contributed by atoms with Crippen molar-refractivity contribution >= 4 is 12.1 Å². The van der Waals surface area contributed by atoms with Gasteiger partial charge in [-0.3, -0.25) is 4.90 Å². The molecule has 0 saturated heterocycles. The number of ether oxygens (including phenoxy) is 1. The standard InChI is InChI=1S/C11H17NO5/c1-11(2,3)17-10(16)12-5-7(6-13)4-8(12)9(14)15/h5,8,13H,4,6H2,1-3H3,(H,14,15)/t8-/m0/s1. The summed E-state index contributed by atoms with van der Waals surface area (Å²) in [5.74, 6) is -1.12. The van der Waals surface area contributed by atoms with Crippen molar-refractivity contribution in [3.8, 4) is 0 Å². The van der Waals surface area contributed by atoms with Gasteiger partial charge in [0.25, 0.3) is 0 Å². The second-order valence-electron chi connectivity index (χ2n) is 4.89. The Labute approximate surface area is 99.5 Å². The third-order valence-corrected chi connectivity index (χ3v) is 2.21.